The number of carbonyl (C=O) groups is 1. The van der Waals surface area contributed by atoms with Crippen LogP contribution in [0.2, 0.25) is 0 Å². The van der Waals surface area contributed by atoms with Gasteiger partial charge in [-0.1, -0.05) is 0 Å². The molecule has 8 heteroatoms. The first-order valence-corrected chi connectivity index (χ1v) is 4.49. The smallest absolute Gasteiger partial charge is 0.300 e. The zero-order valence-electron chi connectivity index (χ0n) is 8.59. The van der Waals surface area contributed by atoms with E-state index in [4.69, 9.17) is 35.4 Å². The van der Waals surface area contributed by atoms with Crippen LogP contribution in [0.15, 0.2) is 0 Å². The van der Waals surface area contributed by atoms with E-state index in [1.165, 1.54) is 0 Å². The number of carboxylic acids is 1. The zero-order valence-corrected chi connectivity index (χ0v) is 8.59. The predicted octanol–water partition coefficient (Wildman–Crippen LogP) is -3.13. The predicted molar refractivity (Wildman–Crippen MR) is 49.3 cm³/mol. The van der Waals surface area contributed by atoms with Gasteiger partial charge in [-0.2, -0.15) is 0 Å². The van der Waals surface area contributed by atoms with E-state index in [9.17, 15) is 0 Å². The summed E-state index contributed by atoms with van der Waals surface area (Å²) in [5, 5.41) is 52.1. The van der Waals surface area contributed by atoms with Crippen molar-refractivity contribution in [3.05, 3.63) is 0 Å². The second-order valence-electron chi connectivity index (χ2n) is 3.24. The molecule has 0 aliphatic carbocycles. The van der Waals surface area contributed by atoms with Crippen LogP contribution in [0, 0.1) is 0 Å². The van der Waals surface area contributed by atoms with Gasteiger partial charge in [0.1, 0.15) is 24.4 Å². The van der Waals surface area contributed by atoms with Crippen molar-refractivity contribution in [2.75, 3.05) is 6.61 Å². The van der Waals surface area contributed by atoms with E-state index in [1.54, 1.807) is 0 Å². The van der Waals surface area contributed by atoms with Gasteiger partial charge in [-0.15, -0.1) is 0 Å². The number of aliphatic hydroxyl groups is 5. The van der Waals surface area contributed by atoms with Gasteiger partial charge in [0.25, 0.3) is 5.97 Å². The second kappa shape index (κ2) is 6.74. The van der Waals surface area contributed by atoms with E-state index in [0.717, 1.165) is 6.92 Å². The maximum absolute atomic E-state index is 9.12. The highest BCUT2D eigenvalue weighted by molar-refractivity contribution is 5.62. The molecule has 5 atom stereocenters. The van der Waals surface area contributed by atoms with Gasteiger partial charge in [-0.05, 0) is 0 Å². The highest BCUT2D eigenvalue weighted by atomic mass is 16.6. The van der Waals surface area contributed by atoms with Gasteiger partial charge in [0, 0.05) is 6.92 Å². The minimum atomic E-state index is -1.57. The summed E-state index contributed by atoms with van der Waals surface area (Å²) in [6.07, 6.45) is -7.04. The van der Waals surface area contributed by atoms with Gasteiger partial charge in [-0.25, -0.2) is 0 Å². The fourth-order valence-electron chi connectivity index (χ4n) is 1.08. The lowest BCUT2D eigenvalue weighted by Gasteiger charge is -2.37. The van der Waals surface area contributed by atoms with Crippen LogP contribution in [0.4, 0.5) is 0 Å². The molecule has 6 N–H and O–H groups in total. The van der Waals surface area contributed by atoms with Gasteiger partial charge in [-0.3, -0.25) is 4.79 Å². The summed E-state index contributed by atoms with van der Waals surface area (Å²) in [6, 6.07) is 0. The van der Waals surface area contributed by atoms with Crippen molar-refractivity contribution in [2.45, 2.75) is 37.6 Å². The Morgan fingerprint density at radius 2 is 1.56 bits per heavy atom. The molecule has 8 nitrogen and oxygen atoms in total. The quantitative estimate of drug-likeness (QED) is 0.282. The molecule has 0 spiro atoms. The molecule has 16 heavy (non-hydrogen) atoms. The number of hydrogen-bond acceptors (Lipinski definition) is 7. The lowest BCUT2D eigenvalue weighted by Crippen LogP contribution is -2.58. The summed E-state index contributed by atoms with van der Waals surface area (Å²) in [7, 11) is 0. The van der Waals surface area contributed by atoms with Gasteiger partial charge in [0.2, 0.25) is 0 Å². The SMILES string of the molecule is CC(=O)O.OC[C@H]1OC(O)[C@H](O)[C@@H](O)[C@@H]1O. The number of hydrogen-bond donors (Lipinski definition) is 6. The summed E-state index contributed by atoms with van der Waals surface area (Å²) < 4.78 is 4.58. The summed E-state index contributed by atoms with van der Waals surface area (Å²) in [4.78, 5) is 9.00. The molecule has 0 bridgehead atoms. The van der Waals surface area contributed by atoms with Crippen LogP contribution in [0.3, 0.4) is 0 Å². The molecule has 0 aromatic carbocycles. The van der Waals surface area contributed by atoms with Crippen LogP contribution in [-0.4, -0.2) is 73.9 Å². The second-order valence-corrected chi connectivity index (χ2v) is 3.24. The fourth-order valence-corrected chi connectivity index (χ4v) is 1.08. The first-order chi connectivity index (χ1) is 7.31. The number of carboxylic acid groups (broad SMARTS) is 1. The number of aliphatic carboxylic acids is 1. The van der Waals surface area contributed by atoms with E-state index in [-0.39, 0.29) is 0 Å². The normalized spacial score (nSPS) is 38.5. The zero-order chi connectivity index (χ0) is 12.9. The Labute approximate surface area is 91.3 Å². The maximum Gasteiger partial charge on any atom is 0.300 e. The van der Waals surface area contributed by atoms with Crippen LogP contribution >= 0.6 is 0 Å². The molecule has 1 aliphatic heterocycles. The fraction of sp³-hybridized carbons (Fsp3) is 0.875. The van der Waals surface area contributed by atoms with E-state index in [0.29, 0.717) is 0 Å². The first-order valence-electron chi connectivity index (χ1n) is 4.49. The lowest BCUT2D eigenvalue weighted by atomic mass is 10.00. The summed E-state index contributed by atoms with van der Waals surface area (Å²) in [5.41, 5.74) is 0. The van der Waals surface area contributed by atoms with Gasteiger partial charge in [0.15, 0.2) is 6.29 Å². The van der Waals surface area contributed by atoms with E-state index < -0.39 is 43.3 Å². The standard InChI is InChI=1S/C6H12O6.C2H4O2/c7-1-2-3(8)4(9)5(10)6(11)12-2;1-2(3)4/h2-11H,1H2;1H3,(H,3,4)/t2-,3-,4+,5-,6?;/m1./s1. The van der Waals surface area contributed by atoms with Crippen LogP contribution < -0.4 is 0 Å². The number of ether oxygens (including phenoxy) is 1. The Balaban J connectivity index is 0.000000487. The molecule has 1 fully saturated rings. The molecular weight excluding hydrogens is 224 g/mol. The molecule has 1 rings (SSSR count). The minimum Gasteiger partial charge on any atom is -0.481 e. The van der Waals surface area contributed by atoms with Crippen LogP contribution in [-0.2, 0) is 9.53 Å². The monoisotopic (exact) mass is 240 g/mol. The maximum atomic E-state index is 9.12. The van der Waals surface area contributed by atoms with Gasteiger partial charge < -0.3 is 35.4 Å². The van der Waals surface area contributed by atoms with Crippen molar-refractivity contribution >= 4 is 5.97 Å². The van der Waals surface area contributed by atoms with Gasteiger partial charge in [0.05, 0.1) is 6.61 Å². The van der Waals surface area contributed by atoms with E-state index in [1.807, 2.05) is 0 Å². The Kier molecular flexibility index (Phi) is 6.41. The topological polar surface area (TPSA) is 148 Å². The third-order valence-corrected chi connectivity index (χ3v) is 1.87. The van der Waals surface area contributed by atoms with Crippen molar-refractivity contribution in [1.82, 2.24) is 0 Å². The molecule has 0 saturated carbocycles. The Morgan fingerprint density at radius 3 is 1.94 bits per heavy atom. The molecule has 96 valence electrons. The van der Waals surface area contributed by atoms with Crippen LogP contribution in [0.5, 0.6) is 0 Å². The Morgan fingerprint density at radius 1 is 1.12 bits per heavy atom. The van der Waals surface area contributed by atoms with E-state index in [2.05, 4.69) is 4.74 Å². The summed E-state index contributed by atoms with van der Waals surface area (Å²) in [6.45, 7) is 0.558. The largest absolute Gasteiger partial charge is 0.481 e. The lowest BCUT2D eigenvalue weighted by molar-refractivity contribution is -0.286. The molecule has 0 radical (unpaired) electrons. The average molecular weight is 240 g/mol. The van der Waals surface area contributed by atoms with Crippen LogP contribution in [0.25, 0.3) is 0 Å². The van der Waals surface area contributed by atoms with Crippen molar-refractivity contribution in [3.8, 4) is 0 Å². The third-order valence-electron chi connectivity index (χ3n) is 1.87. The highest BCUT2D eigenvalue weighted by Crippen LogP contribution is 2.18. The van der Waals surface area contributed by atoms with Crippen LogP contribution in [0.1, 0.15) is 6.92 Å². The average Bonchev–Trinajstić information content (AvgIpc) is 2.19. The summed E-state index contributed by atoms with van der Waals surface area (Å²) in [5.74, 6) is -0.833. The molecular formula is C8H16O8. The van der Waals surface area contributed by atoms with E-state index >= 15 is 0 Å². The number of rotatable bonds is 1. The van der Waals surface area contributed by atoms with Crippen molar-refractivity contribution < 1.29 is 40.2 Å². The Hall–Kier alpha value is -0.770. The highest BCUT2D eigenvalue weighted by Gasteiger charge is 2.42. The molecule has 1 unspecified atom stereocenters. The number of aliphatic hydroxyl groups excluding tert-OH is 5. The molecule has 1 aliphatic rings. The molecule has 0 aromatic rings. The molecule has 1 saturated heterocycles. The van der Waals surface area contributed by atoms with Crippen molar-refractivity contribution in [2.24, 2.45) is 0 Å². The van der Waals surface area contributed by atoms with Gasteiger partial charge >= 0.3 is 0 Å². The molecule has 0 amide bonds. The third kappa shape index (κ3) is 4.39. The molecule has 0 aromatic heterocycles. The minimum absolute atomic E-state index is 0.526. The molecule has 1 heterocycles. The van der Waals surface area contributed by atoms with Crippen molar-refractivity contribution in [1.29, 1.82) is 0 Å². The first kappa shape index (κ1) is 15.2. The van der Waals surface area contributed by atoms with Crippen molar-refractivity contribution in [3.63, 3.8) is 0 Å². The summed E-state index contributed by atoms with van der Waals surface area (Å²) >= 11 is 0. The Bertz CT molecular complexity index is 211.